The molecule has 0 bridgehead atoms. The Morgan fingerprint density at radius 2 is 1.85 bits per heavy atom. The predicted octanol–water partition coefficient (Wildman–Crippen LogP) is 3.26. The van der Waals surface area contributed by atoms with Crippen molar-refractivity contribution < 1.29 is 4.79 Å². The Kier molecular flexibility index (Phi) is 4.04. The molecule has 13 heavy (non-hydrogen) atoms. The minimum atomic E-state index is -0.664. The molecule has 1 nitrogen and oxygen atoms in total. The maximum absolute atomic E-state index is 10.6. The molecule has 70 valence electrons. The maximum atomic E-state index is 10.6. The van der Waals surface area contributed by atoms with Crippen LogP contribution in [0.25, 0.3) is 0 Å². The first kappa shape index (κ1) is 10.8. The van der Waals surface area contributed by atoms with Gasteiger partial charge in [-0.25, -0.2) is 0 Å². The van der Waals surface area contributed by atoms with Gasteiger partial charge in [0.1, 0.15) is 5.38 Å². The molecule has 0 aliphatic rings. The van der Waals surface area contributed by atoms with Gasteiger partial charge in [-0.15, -0.1) is 11.6 Å². The van der Waals surface area contributed by atoms with E-state index in [0.717, 1.165) is 5.56 Å². The molecule has 1 aromatic carbocycles. The van der Waals surface area contributed by atoms with Crippen molar-refractivity contribution in [2.75, 3.05) is 0 Å². The molecule has 0 aromatic heterocycles. The van der Waals surface area contributed by atoms with Crippen LogP contribution in [0.1, 0.15) is 5.56 Å². The third-order valence-electron chi connectivity index (χ3n) is 1.57. The van der Waals surface area contributed by atoms with Crippen LogP contribution >= 0.6 is 34.8 Å². The lowest BCUT2D eigenvalue weighted by molar-refractivity contribution is -0.111. The lowest BCUT2D eigenvalue weighted by Gasteiger charge is -2.03. The van der Waals surface area contributed by atoms with Crippen LogP contribution < -0.4 is 0 Å². The van der Waals surface area contributed by atoms with Gasteiger partial charge in [-0.1, -0.05) is 23.7 Å². The monoisotopic (exact) mass is 236 g/mol. The lowest BCUT2D eigenvalue weighted by atomic mass is 10.1. The molecule has 0 amide bonds. The van der Waals surface area contributed by atoms with Crippen molar-refractivity contribution in [3.8, 4) is 0 Å². The van der Waals surface area contributed by atoms with Gasteiger partial charge in [0.15, 0.2) is 0 Å². The van der Waals surface area contributed by atoms with Gasteiger partial charge in [-0.2, -0.15) is 0 Å². The van der Waals surface area contributed by atoms with Crippen molar-refractivity contribution in [2.24, 2.45) is 0 Å². The molecule has 0 spiro atoms. The van der Waals surface area contributed by atoms with E-state index < -0.39 is 10.6 Å². The van der Waals surface area contributed by atoms with Crippen molar-refractivity contribution in [3.05, 3.63) is 34.9 Å². The largest absolute Gasteiger partial charge is 0.280 e. The number of hydrogen-bond acceptors (Lipinski definition) is 1. The fourth-order valence-corrected chi connectivity index (χ4v) is 1.29. The van der Waals surface area contributed by atoms with Crippen molar-refractivity contribution in [1.82, 2.24) is 0 Å². The molecular weight excluding hydrogens is 230 g/mol. The van der Waals surface area contributed by atoms with Gasteiger partial charge in [0.25, 0.3) is 0 Å². The van der Waals surface area contributed by atoms with Crippen LogP contribution in [0.5, 0.6) is 0 Å². The molecule has 0 fully saturated rings. The van der Waals surface area contributed by atoms with E-state index in [1.807, 2.05) is 12.1 Å². The zero-order valence-corrected chi connectivity index (χ0v) is 8.90. The second-order valence-corrected chi connectivity index (χ2v) is 3.94. The summed E-state index contributed by atoms with van der Waals surface area (Å²) in [7, 11) is 0. The summed E-state index contributed by atoms with van der Waals surface area (Å²) in [5.74, 6) is 0. The van der Waals surface area contributed by atoms with Gasteiger partial charge in [-0.05, 0) is 35.7 Å². The van der Waals surface area contributed by atoms with Crippen LogP contribution in [-0.2, 0) is 11.2 Å². The standard InChI is InChI=1S/C9H7Cl3O/c10-7-3-1-6(2-4-7)5-8(11)9(12)13/h1-4,8H,5H2/t8-/m1/s1. The average molecular weight is 238 g/mol. The first-order valence-corrected chi connectivity index (χ1v) is 4.86. The normalized spacial score (nSPS) is 12.5. The molecule has 0 unspecified atom stereocenters. The highest BCUT2D eigenvalue weighted by Gasteiger charge is 2.12. The number of benzene rings is 1. The van der Waals surface area contributed by atoms with E-state index >= 15 is 0 Å². The Hall–Kier alpha value is -0.240. The van der Waals surface area contributed by atoms with Crippen LogP contribution in [0.15, 0.2) is 24.3 Å². The van der Waals surface area contributed by atoms with E-state index in [1.54, 1.807) is 12.1 Å². The Labute approximate surface area is 91.6 Å². The topological polar surface area (TPSA) is 17.1 Å². The van der Waals surface area contributed by atoms with Crippen LogP contribution in [0.4, 0.5) is 0 Å². The van der Waals surface area contributed by atoms with Crippen LogP contribution in [0, 0.1) is 0 Å². The fourth-order valence-electron chi connectivity index (χ4n) is 0.908. The highest BCUT2D eigenvalue weighted by Crippen LogP contribution is 2.14. The molecule has 0 saturated carbocycles. The summed E-state index contributed by atoms with van der Waals surface area (Å²) in [6, 6.07) is 7.13. The minimum absolute atomic E-state index is 0.432. The number of rotatable bonds is 3. The number of carbonyl (C=O) groups excluding carboxylic acids is 1. The van der Waals surface area contributed by atoms with Crippen molar-refractivity contribution in [1.29, 1.82) is 0 Å². The molecule has 1 atom stereocenters. The Bertz CT molecular complexity index is 294. The van der Waals surface area contributed by atoms with Crippen molar-refractivity contribution >= 4 is 40.0 Å². The first-order valence-electron chi connectivity index (χ1n) is 3.67. The van der Waals surface area contributed by atoms with Crippen molar-refractivity contribution in [2.45, 2.75) is 11.8 Å². The van der Waals surface area contributed by atoms with E-state index in [2.05, 4.69) is 0 Å². The molecule has 0 radical (unpaired) electrons. The van der Waals surface area contributed by atoms with Gasteiger partial charge >= 0.3 is 0 Å². The number of hydrogen-bond donors (Lipinski definition) is 0. The maximum Gasteiger partial charge on any atom is 0.239 e. The Morgan fingerprint density at radius 3 is 2.31 bits per heavy atom. The van der Waals surface area contributed by atoms with Crippen LogP contribution in [0.2, 0.25) is 5.02 Å². The molecule has 4 heteroatoms. The molecule has 0 aliphatic carbocycles. The Balaban J connectivity index is 2.64. The number of carbonyl (C=O) groups is 1. The first-order chi connectivity index (χ1) is 6.09. The summed E-state index contributed by atoms with van der Waals surface area (Å²) >= 11 is 16.6. The number of alkyl halides is 1. The van der Waals surface area contributed by atoms with Gasteiger partial charge < -0.3 is 0 Å². The molecule has 1 rings (SSSR count). The van der Waals surface area contributed by atoms with Gasteiger partial charge in [0.2, 0.25) is 5.24 Å². The van der Waals surface area contributed by atoms with Gasteiger partial charge in [-0.3, -0.25) is 4.79 Å². The number of halogens is 3. The summed E-state index contributed by atoms with van der Waals surface area (Å²) in [6.45, 7) is 0. The van der Waals surface area contributed by atoms with E-state index in [9.17, 15) is 4.79 Å². The summed E-state index contributed by atoms with van der Waals surface area (Å²) in [5, 5.41) is -0.536. The van der Waals surface area contributed by atoms with Crippen molar-refractivity contribution in [3.63, 3.8) is 0 Å². The summed E-state index contributed by atoms with van der Waals surface area (Å²) < 4.78 is 0. The summed E-state index contributed by atoms with van der Waals surface area (Å²) in [6.07, 6.45) is 0.432. The highest BCUT2D eigenvalue weighted by atomic mass is 35.5. The summed E-state index contributed by atoms with van der Waals surface area (Å²) in [4.78, 5) is 10.6. The smallest absolute Gasteiger partial charge is 0.239 e. The van der Waals surface area contributed by atoms with E-state index in [0.29, 0.717) is 11.4 Å². The van der Waals surface area contributed by atoms with E-state index in [4.69, 9.17) is 34.8 Å². The zero-order valence-electron chi connectivity index (χ0n) is 6.64. The molecule has 1 aromatic rings. The summed E-state index contributed by atoms with van der Waals surface area (Å²) in [5.41, 5.74) is 0.943. The van der Waals surface area contributed by atoms with Crippen LogP contribution in [0.3, 0.4) is 0 Å². The third kappa shape index (κ3) is 3.55. The lowest BCUT2D eigenvalue weighted by Crippen LogP contribution is -2.10. The van der Waals surface area contributed by atoms with E-state index in [1.165, 1.54) is 0 Å². The quantitative estimate of drug-likeness (QED) is 0.582. The second kappa shape index (κ2) is 4.85. The van der Waals surface area contributed by atoms with Gasteiger partial charge in [0, 0.05) is 5.02 Å². The average Bonchev–Trinajstić information content (AvgIpc) is 2.08. The zero-order chi connectivity index (χ0) is 9.84. The molecular formula is C9H7Cl3O. The SMILES string of the molecule is O=C(Cl)[C@H](Cl)Cc1ccc(Cl)cc1. The molecule has 0 heterocycles. The Morgan fingerprint density at radius 1 is 1.31 bits per heavy atom. The van der Waals surface area contributed by atoms with E-state index in [-0.39, 0.29) is 0 Å². The third-order valence-corrected chi connectivity index (χ3v) is 2.55. The highest BCUT2D eigenvalue weighted by molar-refractivity contribution is 6.69. The second-order valence-electron chi connectivity index (χ2n) is 2.60. The van der Waals surface area contributed by atoms with Crippen LogP contribution in [-0.4, -0.2) is 10.6 Å². The minimum Gasteiger partial charge on any atom is -0.280 e. The van der Waals surface area contributed by atoms with Gasteiger partial charge in [0.05, 0.1) is 0 Å². The fraction of sp³-hybridized carbons (Fsp3) is 0.222. The molecule has 0 N–H and O–H groups in total. The molecule has 0 saturated heterocycles. The molecule has 0 aliphatic heterocycles. The predicted molar refractivity (Wildman–Crippen MR) is 55.7 cm³/mol.